The SMILES string of the molecule is CCCC(=O)Nc1ccc2c(c1)OC[C@@H](C)N(Cc1ccccc1)C[C@@H](C)[C@@H](OC)CN(C)C2=O. The lowest BCUT2D eigenvalue weighted by Crippen LogP contribution is -2.46. The molecule has 0 bridgehead atoms. The Morgan fingerprint density at radius 3 is 2.57 bits per heavy atom. The molecule has 0 aliphatic carbocycles. The van der Waals surface area contributed by atoms with Gasteiger partial charge in [0.1, 0.15) is 12.4 Å². The van der Waals surface area contributed by atoms with Crippen LogP contribution >= 0.6 is 0 Å². The smallest absolute Gasteiger partial charge is 0.257 e. The van der Waals surface area contributed by atoms with E-state index >= 15 is 0 Å². The highest BCUT2D eigenvalue weighted by Crippen LogP contribution is 2.27. The highest BCUT2D eigenvalue weighted by Gasteiger charge is 2.28. The van der Waals surface area contributed by atoms with E-state index in [4.69, 9.17) is 9.47 Å². The van der Waals surface area contributed by atoms with Crippen molar-refractivity contribution in [2.24, 2.45) is 5.92 Å². The maximum absolute atomic E-state index is 13.3. The van der Waals surface area contributed by atoms with E-state index in [1.807, 2.05) is 13.0 Å². The molecular formula is C28H39N3O4. The Labute approximate surface area is 209 Å². The number of methoxy groups -OCH3 is 1. The van der Waals surface area contributed by atoms with Crippen LogP contribution < -0.4 is 10.1 Å². The zero-order valence-electron chi connectivity index (χ0n) is 21.6. The summed E-state index contributed by atoms with van der Waals surface area (Å²) in [6.07, 6.45) is 1.11. The Morgan fingerprint density at radius 2 is 1.89 bits per heavy atom. The van der Waals surface area contributed by atoms with E-state index < -0.39 is 0 Å². The Balaban J connectivity index is 1.92. The van der Waals surface area contributed by atoms with Gasteiger partial charge in [0.15, 0.2) is 0 Å². The predicted molar refractivity (Wildman–Crippen MR) is 139 cm³/mol. The van der Waals surface area contributed by atoms with Gasteiger partial charge in [-0.15, -0.1) is 0 Å². The maximum atomic E-state index is 13.3. The predicted octanol–water partition coefficient (Wildman–Crippen LogP) is 4.43. The quantitative estimate of drug-likeness (QED) is 0.661. The number of nitrogens with one attached hydrogen (secondary N) is 1. The first-order chi connectivity index (χ1) is 16.8. The molecule has 7 heteroatoms. The summed E-state index contributed by atoms with van der Waals surface area (Å²) >= 11 is 0. The van der Waals surface area contributed by atoms with E-state index in [2.05, 4.69) is 48.3 Å². The van der Waals surface area contributed by atoms with Crippen molar-refractivity contribution >= 4 is 17.5 Å². The van der Waals surface area contributed by atoms with Crippen LogP contribution in [0, 0.1) is 5.92 Å². The molecule has 0 saturated carbocycles. The Kier molecular flexibility index (Phi) is 9.69. The molecule has 1 aliphatic rings. The van der Waals surface area contributed by atoms with Crippen LogP contribution in [0.15, 0.2) is 48.5 Å². The number of carbonyl (C=O) groups is 2. The van der Waals surface area contributed by atoms with Crippen LogP contribution in [0.5, 0.6) is 5.75 Å². The summed E-state index contributed by atoms with van der Waals surface area (Å²) in [6, 6.07) is 15.7. The topological polar surface area (TPSA) is 71.1 Å². The average Bonchev–Trinajstić information content (AvgIpc) is 2.85. The molecule has 35 heavy (non-hydrogen) atoms. The van der Waals surface area contributed by atoms with Crippen molar-refractivity contribution in [2.75, 3.05) is 39.2 Å². The molecule has 2 aromatic carbocycles. The van der Waals surface area contributed by atoms with Gasteiger partial charge in [-0.05, 0) is 37.0 Å². The minimum absolute atomic E-state index is 0.0524. The number of benzene rings is 2. The summed E-state index contributed by atoms with van der Waals surface area (Å²) in [5.41, 5.74) is 2.34. The highest BCUT2D eigenvalue weighted by molar-refractivity contribution is 5.98. The Bertz CT molecular complexity index is 981. The molecule has 3 rings (SSSR count). The number of nitrogens with zero attached hydrogens (tertiary/aromatic N) is 2. The molecule has 1 aliphatic heterocycles. The fourth-order valence-electron chi connectivity index (χ4n) is 4.41. The van der Waals surface area contributed by atoms with E-state index in [9.17, 15) is 9.59 Å². The van der Waals surface area contributed by atoms with Crippen LogP contribution in [0.1, 0.15) is 49.5 Å². The van der Waals surface area contributed by atoms with Crippen LogP contribution in [0.4, 0.5) is 5.69 Å². The molecule has 0 spiro atoms. The summed E-state index contributed by atoms with van der Waals surface area (Å²) in [4.78, 5) is 29.6. The zero-order chi connectivity index (χ0) is 25.4. The lowest BCUT2D eigenvalue weighted by Gasteiger charge is -2.36. The molecule has 0 fully saturated rings. The van der Waals surface area contributed by atoms with E-state index in [0.29, 0.717) is 36.6 Å². The monoisotopic (exact) mass is 481 g/mol. The molecule has 2 amide bonds. The molecule has 0 radical (unpaired) electrons. The Hall–Kier alpha value is -2.90. The van der Waals surface area contributed by atoms with Crippen LogP contribution in [0.25, 0.3) is 0 Å². The lowest BCUT2D eigenvalue weighted by molar-refractivity contribution is -0.116. The van der Waals surface area contributed by atoms with Crippen molar-refractivity contribution in [1.82, 2.24) is 9.80 Å². The molecule has 1 N–H and O–H groups in total. The van der Waals surface area contributed by atoms with Crippen molar-refractivity contribution in [3.8, 4) is 5.75 Å². The zero-order valence-corrected chi connectivity index (χ0v) is 21.6. The maximum Gasteiger partial charge on any atom is 0.257 e. The van der Waals surface area contributed by atoms with E-state index in [1.165, 1.54) is 5.56 Å². The number of likely N-dealkylation sites (N-methyl/N-ethyl adjacent to an activating group) is 1. The van der Waals surface area contributed by atoms with Gasteiger partial charge in [-0.25, -0.2) is 0 Å². The van der Waals surface area contributed by atoms with Crippen LogP contribution in [0.3, 0.4) is 0 Å². The minimum atomic E-state index is -0.130. The lowest BCUT2D eigenvalue weighted by atomic mass is 10.0. The molecule has 2 aromatic rings. The van der Waals surface area contributed by atoms with Gasteiger partial charge >= 0.3 is 0 Å². The number of ether oxygens (including phenoxy) is 2. The van der Waals surface area contributed by atoms with E-state index in [-0.39, 0.29) is 29.9 Å². The molecule has 1 heterocycles. The molecular weight excluding hydrogens is 442 g/mol. The molecule has 7 nitrogen and oxygen atoms in total. The van der Waals surface area contributed by atoms with Gasteiger partial charge in [0.05, 0.1) is 11.7 Å². The van der Waals surface area contributed by atoms with Crippen molar-refractivity contribution in [2.45, 2.75) is 52.3 Å². The number of anilines is 1. The first-order valence-corrected chi connectivity index (χ1v) is 12.4. The third-order valence-electron chi connectivity index (χ3n) is 6.57. The Morgan fingerprint density at radius 1 is 1.14 bits per heavy atom. The second-order valence-electron chi connectivity index (χ2n) is 9.52. The standard InChI is InChI=1S/C28H39N3O4/c1-6-10-27(32)29-23-13-14-24-25(15-23)35-19-21(3)31(17-22-11-8-7-9-12-22)16-20(2)26(34-5)18-30(4)28(24)33/h7-9,11-15,20-21,26H,6,10,16-19H2,1-5H3,(H,29,32)/t20-,21-,26+/m1/s1. The van der Waals surface area contributed by atoms with E-state index in [0.717, 1.165) is 19.5 Å². The van der Waals surface area contributed by atoms with Crippen molar-refractivity contribution in [1.29, 1.82) is 0 Å². The van der Waals surface area contributed by atoms with Crippen molar-refractivity contribution in [3.63, 3.8) is 0 Å². The number of hydrogen-bond acceptors (Lipinski definition) is 5. The summed E-state index contributed by atoms with van der Waals surface area (Å²) in [5.74, 6) is 0.500. The van der Waals surface area contributed by atoms with E-state index in [1.54, 1.807) is 37.3 Å². The normalized spacial score (nSPS) is 21.9. The first-order valence-electron chi connectivity index (χ1n) is 12.4. The van der Waals surface area contributed by atoms with Gasteiger partial charge in [-0.1, -0.05) is 44.2 Å². The van der Waals surface area contributed by atoms with Crippen LogP contribution in [-0.4, -0.2) is 67.6 Å². The van der Waals surface area contributed by atoms with Crippen molar-refractivity contribution in [3.05, 3.63) is 59.7 Å². The molecule has 0 saturated heterocycles. The molecule has 190 valence electrons. The fraction of sp³-hybridized carbons (Fsp3) is 0.500. The molecule has 0 unspecified atom stereocenters. The highest BCUT2D eigenvalue weighted by atomic mass is 16.5. The molecule has 0 aromatic heterocycles. The third kappa shape index (κ3) is 7.29. The summed E-state index contributed by atoms with van der Waals surface area (Å²) in [6.45, 7) is 8.76. The molecule has 3 atom stereocenters. The second-order valence-corrected chi connectivity index (χ2v) is 9.52. The number of carbonyl (C=O) groups excluding carboxylic acids is 2. The number of amides is 2. The first kappa shape index (κ1) is 26.7. The van der Waals surface area contributed by atoms with Gasteiger partial charge in [0.2, 0.25) is 5.91 Å². The summed E-state index contributed by atoms with van der Waals surface area (Å²) < 4.78 is 12.1. The van der Waals surface area contributed by atoms with Crippen molar-refractivity contribution < 1.29 is 19.1 Å². The van der Waals surface area contributed by atoms with Gasteiger partial charge in [-0.3, -0.25) is 14.5 Å². The van der Waals surface area contributed by atoms with Gasteiger partial charge in [0, 0.05) is 58.0 Å². The largest absolute Gasteiger partial charge is 0.491 e. The number of hydrogen-bond donors (Lipinski definition) is 1. The average molecular weight is 482 g/mol. The van der Waals surface area contributed by atoms with Gasteiger partial charge in [-0.2, -0.15) is 0 Å². The van der Waals surface area contributed by atoms with Crippen LogP contribution in [0.2, 0.25) is 0 Å². The van der Waals surface area contributed by atoms with Gasteiger partial charge < -0.3 is 19.7 Å². The number of fused-ring (bicyclic) bond motifs is 1. The van der Waals surface area contributed by atoms with Gasteiger partial charge in [0.25, 0.3) is 5.91 Å². The third-order valence-corrected chi connectivity index (χ3v) is 6.57. The minimum Gasteiger partial charge on any atom is -0.491 e. The summed E-state index contributed by atoms with van der Waals surface area (Å²) in [5, 5.41) is 2.91. The fourth-order valence-corrected chi connectivity index (χ4v) is 4.41. The van der Waals surface area contributed by atoms with Crippen LogP contribution in [-0.2, 0) is 16.1 Å². The second kappa shape index (κ2) is 12.7. The summed E-state index contributed by atoms with van der Waals surface area (Å²) in [7, 11) is 3.50. The number of rotatable bonds is 6.